The van der Waals surface area contributed by atoms with Gasteiger partial charge in [0.2, 0.25) is 0 Å². The minimum Gasteiger partial charge on any atom is -0.453 e. The van der Waals surface area contributed by atoms with Gasteiger partial charge in [-0.25, -0.2) is 0 Å². The number of anilines is 3. The van der Waals surface area contributed by atoms with Crippen LogP contribution >= 0.6 is 0 Å². The quantitative estimate of drug-likeness (QED) is 0.162. The van der Waals surface area contributed by atoms with Crippen LogP contribution < -0.4 is 20.6 Å². The van der Waals surface area contributed by atoms with Crippen LogP contribution in [0.5, 0.6) is 11.5 Å². The molecular weight excluding hydrogens is 571 g/mol. The summed E-state index contributed by atoms with van der Waals surface area (Å²) < 4.78 is 9.43. The van der Waals surface area contributed by atoms with Crippen LogP contribution in [0.3, 0.4) is 0 Å². The summed E-state index contributed by atoms with van der Waals surface area (Å²) in [4.78, 5) is 2.56. The second kappa shape index (κ2) is 7.97. The Hall–Kier alpha value is -5.74. The van der Waals surface area contributed by atoms with E-state index in [0.717, 1.165) is 22.9 Å². The van der Waals surface area contributed by atoms with Gasteiger partial charge in [0.25, 0.3) is 0 Å². The highest BCUT2D eigenvalue weighted by atomic mass is 16.5. The fraction of sp³-hybridized carbons (Fsp3) is 0.0698. The van der Waals surface area contributed by atoms with Gasteiger partial charge in [0.15, 0.2) is 11.5 Å². The maximum atomic E-state index is 6.74. The zero-order valence-electron chi connectivity index (χ0n) is 26.0. The van der Waals surface area contributed by atoms with Crippen molar-refractivity contribution >= 4 is 67.4 Å². The summed E-state index contributed by atoms with van der Waals surface area (Å²) >= 11 is 0. The summed E-state index contributed by atoms with van der Waals surface area (Å²) in [6.45, 7) is 4.80. The molecule has 0 unspecified atom stereocenters. The van der Waals surface area contributed by atoms with Crippen LogP contribution in [0, 0.1) is 0 Å². The zero-order valence-corrected chi connectivity index (χ0v) is 26.0. The van der Waals surface area contributed by atoms with E-state index in [1.54, 1.807) is 0 Å². The lowest BCUT2D eigenvalue weighted by molar-refractivity contribution is 0.477. The van der Waals surface area contributed by atoms with Gasteiger partial charge in [0.1, 0.15) is 0 Å². The molecule has 218 valence electrons. The fourth-order valence-electron chi connectivity index (χ4n) is 9.70. The Labute approximate surface area is 272 Å². The van der Waals surface area contributed by atoms with E-state index in [2.05, 4.69) is 151 Å². The smallest absolute Gasteiger partial charge is 0.333 e. The molecule has 1 aliphatic carbocycles. The van der Waals surface area contributed by atoms with Crippen molar-refractivity contribution in [1.82, 2.24) is 4.48 Å². The van der Waals surface area contributed by atoms with E-state index in [1.165, 1.54) is 82.6 Å². The fourth-order valence-corrected chi connectivity index (χ4v) is 9.70. The average Bonchev–Trinajstić information content (AvgIpc) is 3.57. The van der Waals surface area contributed by atoms with Gasteiger partial charge in [-0.15, -0.1) is 0 Å². The van der Waals surface area contributed by atoms with E-state index in [9.17, 15) is 0 Å². The number of nitrogens with zero attached hydrogens (tertiary/aromatic N) is 2. The Morgan fingerprint density at radius 3 is 2.28 bits per heavy atom. The topological polar surface area (TPSA) is 17.4 Å². The highest BCUT2D eigenvalue weighted by Crippen LogP contribution is 2.60. The monoisotopic (exact) mass is 598 g/mol. The first-order valence-electron chi connectivity index (χ1n) is 16.6. The number of hydrogen-bond acceptors (Lipinski definition) is 2. The summed E-state index contributed by atoms with van der Waals surface area (Å²) in [7, 11) is 0. The lowest BCUT2D eigenvalue weighted by Crippen LogP contribution is -2.57. The van der Waals surface area contributed by atoms with Crippen molar-refractivity contribution in [2.45, 2.75) is 19.3 Å². The Morgan fingerprint density at radius 1 is 0.574 bits per heavy atom. The van der Waals surface area contributed by atoms with Gasteiger partial charge in [-0.2, -0.15) is 0 Å². The Kier molecular flexibility index (Phi) is 4.15. The Morgan fingerprint density at radius 2 is 1.32 bits per heavy atom. The van der Waals surface area contributed by atoms with Gasteiger partial charge in [-0.3, -0.25) is 0 Å². The number of para-hydroxylation sites is 4. The largest absolute Gasteiger partial charge is 0.453 e. The standard InChI is InChI=1S/C43H27BN2O/c1-43(2)32-16-6-5-13-26(32)30-23-31-28-15-9-14-27-29-22-21-24-11-3-4-12-25(24)39(29)46(40(27)28)44-33-17-10-20-36-41(33)45(42(37(30)43)38(31)44)34-18-7-8-19-35(34)47-36/h3-23H,1-2H3. The number of hydrogen-bond donors (Lipinski definition) is 0. The van der Waals surface area contributed by atoms with Gasteiger partial charge in [-0.1, -0.05) is 117 Å². The molecule has 0 atom stereocenters. The maximum absolute atomic E-state index is 6.74. The molecule has 4 heteroatoms. The van der Waals surface area contributed by atoms with Gasteiger partial charge < -0.3 is 14.1 Å². The highest BCUT2D eigenvalue weighted by Gasteiger charge is 2.50. The minimum absolute atomic E-state index is 0.0226. The van der Waals surface area contributed by atoms with Crippen LogP contribution in [0.1, 0.15) is 25.0 Å². The van der Waals surface area contributed by atoms with Crippen LogP contribution in [0.15, 0.2) is 127 Å². The summed E-state index contributed by atoms with van der Waals surface area (Å²) in [6, 6.07) is 47.2. The number of benzene rings is 7. The van der Waals surface area contributed by atoms with E-state index in [4.69, 9.17) is 4.74 Å². The molecular formula is C43H27BN2O. The molecule has 0 bridgehead atoms. The first-order valence-corrected chi connectivity index (χ1v) is 16.6. The summed E-state index contributed by atoms with van der Waals surface area (Å²) in [5, 5.41) is 5.18. The molecule has 47 heavy (non-hydrogen) atoms. The normalized spacial score (nSPS) is 15.3. The molecule has 3 nitrogen and oxygen atoms in total. The van der Waals surface area contributed by atoms with Crippen LogP contribution in [0.25, 0.3) is 54.8 Å². The summed E-state index contributed by atoms with van der Waals surface area (Å²) in [5.74, 6) is 1.81. The average molecular weight is 599 g/mol. The van der Waals surface area contributed by atoms with E-state index in [1.807, 2.05) is 0 Å². The molecule has 0 radical (unpaired) electrons. The van der Waals surface area contributed by atoms with Crippen molar-refractivity contribution in [3.8, 4) is 33.8 Å². The minimum atomic E-state index is -0.196. The SMILES string of the molecule is CC1(C)c2ccccc2-c2cc3c4c(c21)N1c2ccccc2Oc2cccc(c21)B4n1c2c-3cccc2c2ccc3ccccc3c21. The molecule has 7 aromatic carbocycles. The second-order valence-corrected chi connectivity index (χ2v) is 14.0. The summed E-state index contributed by atoms with van der Waals surface area (Å²) in [6.07, 6.45) is 0. The molecule has 0 amide bonds. The molecule has 4 aliphatic rings. The third-order valence-electron chi connectivity index (χ3n) is 11.5. The number of fused-ring (bicyclic) bond motifs is 15. The molecule has 3 aliphatic heterocycles. The molecule has 4 heterocycles. The lowest BCUT2D eigenvalue weighted by Gasteiger charge is -2.45. The Balaban J connectivity index is 1.35. The number of rotatable bonds is 0. The van der Waals surface area contributed by atoms with Gasteiger partial charge in [0.05, 0.1) is 11.4 Å². The molecule has 0 saturated heterocycles. The van der Waals surface area contributed by atoms with Gasteiger partial charge >= 0.3 is 6.85 Å². The summed E-state index contributed by atoms with van der Waals surface area (Å²) in [5.41, 5.74) is 16.8. The predicted molar refractivity (Wildman–Crippen MR) is 195 cm³/mol. The predicted octanol–water partition coefficient (Wildman–Crippen LogP) is 9.78. The van der Waals surface area contributed by atoms with E-state index in [0.29, 0.717) is 0 Å². The third kappa shape index (κ3) is 2.68. The van der Waals surface area contributed by atoms with Crippen LogP contribution in [0.4, 0.5) is 17.1 Å². The van der Waals surface area contributed by atoms with Crippen molar-refractivity contribution in [1.29, 1.82) is 0 Å². The second-order valence-electron chi connectivity index (χ2n) is 14.0. The molecule has 8 aromatic rings. The van der Waals surface area contributed by atoms with Crippen LogP contribution in [-0.2, 0) is 5.41 Å². The van der Waals surface area contributed by atoms with Crippen molar-refractivity contribution < 1.29 is 4.74 Å². The molecule has 0 saturated carbocycles. The van der Waals surface area contributed by atoms with E-state index >= 15 is 0 Å². The van der Waals surface area contributed by atoms with Crippen molar-refractivity contribution in [3.63, 3.8) is 0 Å². The first kappa shape index (κ1) is 24.5. The molecule has 12 rings (SSSR count). The molecule has 0 N–H and O–H groups in total. The van der Waals surface area contributed by atoms with E-state index < -0.39 is 0 Å². The number of ether oxygens (including phenoxy) is 1. The van der Waals surface area contributed by atoms with E-state index in [-0.39, 0.29) is 12.3 Å². The lowest BCUT2D eigenvalue weighted by atomic mass is 9.44. The molecule has 0 fully saturated rings. The van der Waals surface area contributed by atoms with Gasteiger partial charge in [-0.05, 0) is 68.4 Å². The molecule has 0 spiro atoms. The van der Waals surface area contributed by atoms with Crippen molar-refractivity contribution in [3.05, 3.63) is 139 Å². The van der Waals surface area contributed by atoms with Crippen molar-refractivity contribution in [2.75, 3.05) is 4.90 Å². The first-order chi connectivity index (χ1) is 23.1. The third-order valence-corrected chi connectivity index (χ3v) is 11.5. The zero-order chi connectivity index (χ0) is 30.8. The Bertz CT molecular complexity index is 2770. The maximum Gasteiger partial charge on any atom is 0.333 e. The molecule has 1 aromatic heterocycles. The van der Waals surface area contributed by atoms with Crippen LogP contribution in [0.2, 0.25) is 0 Å². The number of aromatic nitrogens is 1. The van der Waals surface area contributed by atoms with Crippen LogP contribution in [-0.4, -0.2) is 11.3 Å². The highest BCUT2D eigenvalue weighted by molar-refractivity contribution is 6.90. The van der Waals surface area contributed by atoms with Gasteiger partial charge in [0, 0.05) is 43.9 Å². The van der Waals surface area contributed by atoms with Crippen molar-refractivity contribution in [2.24, 2.45) is 0 Å².